The summed E-state index contributed by atoms with van der Waals surface area (Å²) in [4.78, 5) is 9.80. The highest BCUT2D eigenvalue weighted by Gasteiger charge is 2.23. The molecule has 0 aliphatic rings. The van der Waals surface area contributed by atoms with Gasteiger partial charge in [-0.2, -0.15) is 0 Å². The van der Waals surface area contributed by atoms with Crippen LogP contribution in [-0.2, 0) is 10.8 Å². The van der Waals surface area contributed by atoms with Crippen LogP contribution in [0.5, 0.6) is 5.75 Å². The lowest BCUT2D eigenvalue weighted by atomic mass is 9.78. The number of fused-ring (bicyclic) bond motifs is 1. The van der Waals surface area contributed by atoms with E-state index in [4.69, 9.17) is 9.97 Å². The molecule has 2 heterocycles. The number of para-hydroxylation sites is 2. The zero-order valence-electron chi connectivity index (χ0n) is 29.1. The molecular formula is C44H39F2N3O. The number of imidazole rings is 1. The molecule has 250 valence electrons. The molecule has 0 saturated heterocycles. The third-order valence-electron chi connectivity index (χ3n) is 9.14. The lowest BCUT2D eigenvalue weighted by Crippen LogP contribution is -2.16. The number of phenols is 1. The molecule has 0 aliphatic carbocycles. The van der Waals surface area contributed by atoms with Crippen LogP contribution in [-0.4, -0.2) is 19.6 Å². The van der Waals surface area contributed by atoms with Crippen molar-refractivity contribution in [3.63, 3.8) is 0 Å². The number of halogens is 2. The van der Waals surface area contributed by atoms with E-state index in [1.54, 1.807) is 35.0 Å². The Balaban J connectivity index is 1.53. The zero-order chi connectivity index (χ0) is 35.4. The summed E-state index contributed by atoms with van der Waals surface area (Å²) in [6, 6.07) is 35.3. The number of benzene rings is 5. The predicted molar refractivity (Wildman–Crippen MR) is 200 cm³/mol. The predicted octanol–water partition coefficient (Wildman–Crippen LogP) is 11.7. The fraction of sp³-hybridized carbons (Fsp3) is 0.182. The average molecular weight is 664 g/mol. The van der Waals surface area contributed by atoms with Crippen molar-refractivity contribution in [2.45, 2.75) is 52.4 Å². The quantitative estimate of drug-likeness (QED) is 0.199. The van der Waals surface area contributed by atoms with Gasteiger partial charge in [-0.25, -0.2) is 13.8 Å². The number of pyridine rings is 1. The molecule has 0 unspecified atom stereocenters. The Hall–Kier alpha value is -5.62. The molecule has 0 atom stereocenters. The van der Waals surface area contributed by atoms with Gasteiger partial charge in [-0.05, 0) is 99.3 Å². The van der Waals surface area contributed by atoms with Gasteiger partial charge in [-0.3, -0.25) is 9.55 Å². The summed E-state index contributed by atoms with van der Waals surface area (Å²) < 4.78 is 31.0. The monoisotopic (exact) mass is 663 g/mol. The van der Waals surface area contributed by atoms with E-state index in [-0.39, 0.29) is 22.3 Å². The number of aromatic nitrogens is 3. The normalized spacial score (nSPS) is 12.1. The highest BCUT2D eigenvalue weighted by Crippen LogP contribution is 2.41. The zero-order valence-corrected chi connectivity index (χ0v) is 29.1. The van der Waals surface area contributed by atoms with Gasteiger partial charge in [-0.15, -0.1) is 0 Å². The van der Waals surface area contributed by atoms with Gasteiger partial charge in [0.25, 0.3) is 0 Å². The summed E-state index contributed by atoms with van der Waals surface area (Å²) >= 11 is 0. The Morgan fingerprint density at radius 2 is 1.18 bits per heavy atom. The van der Waals surface area contributed by atoms with Crippen molar-refractivity contribution in [1.29, 1.82) is 0 Å². The summed E-state index contributed by atoms with van der Waals surface area (Å²) in [6.07, 6.45) is 1.79. The molecule has 0 spiro atoms. The number of hydrogen-bond acceptors (Lipinski definition) is 3. The molecule has 0 aliphatic heterocycles. The number of hydrogen-bond donors (Lipinski definition) is 1. The summed E-state index contributed by atoms with van der Waals surface area (Å²) in [7, 11) is 0. The van der Waals surface area contributed by atoms with E-state index >= 15 is 0 Å². The molecule has 7 rings (SSSR count). The molecule has 1 N–H and O–H groups in total. The van der Waals surface area contributed by atoms with Gasteiger partial charge in [0.2, 0.25) is 0 Å². The Morgan fingerprint density at radius 1 is 0.580 bits per heavy atom. The Labute approximate surface area is 291 Å². The molecule has 0 saturated carbocycles. The van der Waals surface area contributed by atoms with Crippen LogP contribution in [0.25, 0.3) is 61.6 Å². The Kier molecular flexibility index (Phi) is 8.14. The molecule has 5 aromatic carbocycles. The highest BCUT2D eigenvalue weighted by atomic mass is 19.1. The van der Waals surface area contributed by atoms with Crippen molar-refractivity contribution in [2.75, 3.05) is 0 Å². The second kappa shape index (κ2) is 12.4. The molecule has 0 amide bonds. The minimum atomic E-state index is -0.707. The summed E-state index contributed by atoms with van der Waals surface area (Å²) in [5, 5.41) is 10.9. The van der Waals surface area contributed by atoms with Crippen molar-refractivity contribution in [1.82, 2.24) is 14.5 Å². The van der Waals surface area contributed by atoms with E-state index < -0.39 is 11.6 Å². The topological polar surface area (TPSA) is 50.9 Å². The minimum Gasteiger partial charge on any atom is -0.507 e. The van der Waals surface area contributed by atoms with Crippen molar-refractivity contribution in [2.24, 2.45) is 0 Å². The smallest absolute Gasteiger partial charge is 0.149 e. The first-order chi connectivity index (χ1) is 23.8. The first kappa shape index (κ1) is 32.9. The maximum Gasteiger partial charge on any atom is 0.149 e. The van der Waals surface area contributed by atoms with Crippen LogP contribution in [0.3, 0.4) is 0 Å². The highest BCUT2D eigenvalue weighted by molar-refractivity contribution is 5.97. The molecule has 2 aromatic heterocycles. The largest absolute Gasteiger partial charge is 0.507 e. The van der Waals surface area contributed by atoms with Crippen LogP contribution < -0.4 is 0 Å². The van der Waals surface area contributed by atoms with Crippen molar-refractivity contribution in [3.8, 4) is 56.3 Å². The fourth-order valence-electron chi connectivity index (χ4n) is 6.40. The number of nitrogens with zero attached hydrogens (tertiary/aromatic N) is 3. The van der Waals surface area contributed by atoms with Gasteiger partial charge < -0.3 is 5.11 Å². The Bertz CT molecular complexity index is 2330. The van der Waals surface area contributed by atoms with Crippen LogP contribution in [0, 0.1) is 11.6 Å². The van der Waals surface area contributed by atoms with Crippen molar-refractivity contribution in [3.05, 3.63) is 144 Å². The molecule has 0 fully saturated rings. The lowest BCUT2D eigenvalue weighted by molar-refractivity contribution is 0.477. The van der Waals surface area contributed by atoms with Gasteiger partial charge in [-0.1, -0.05) is 90.1 Å². The number of phenolic OH excluding ortho intramolecular Hbond substituents is 1. The van der Waals surface area contributed by atoms with E-state index in [2.05, 4.69) is 77.9 Å². The second-order valence-electron chi connectivity index (χ2n) is 14.9. The summed E-state index contributed by atoms with van der Waals surface area (Å²) in [5.74, 6) is -1.04. The average Bonchev–Trinajstić information content (AvgIpc) is 3.47. The van der Waals surface area contributed by atoms with Gasteiger partial charge >= 0.3 is 0 Å². The fourth-order valence-corrected chi connectivity index (χ4v) is 6.40. The molecule has 0 bridgehead atoms. The maximum absolute atomic E-state index is 14.7. The lowest BCUT2D eigenvalue weighted by Gasteiger charge is -2.26. The Morgan fingerprint density at radius 3 is 1.82 bits per heavy atom. The SMILES string of the molecule is CC(C)(C)c1cc(-c2cc(-c3ccccn3)cc(-c3cccc4c3nc(-c3ccccc3O)n4-c3cc(F)cc(F)c3)c2)cc(C(C)(C)C)c1. The molecule has 0 radical (unpaired) electrons. The van der Waals surface area contributed by atoms with Crippen molar-refractivity contribution < 1.29 is 13.9 Å². The number of rotatable bonds is 5. The molecule has 4 nitrogen and oxygen atoms in total. The minimum absolute atomic E-state index is 0.00954. The van der Waals surface area contributed by atoms with Gasteiger partial charge in [0, 0.05) is 23.4 Å². The first-order valence-electron chi connectivity index (χ1n) is 16.8. The summed E-state index contributed by atoms with van der Waals surface area (Å²) in [5.41, 5.74) is 9.99. The van der Waals surface area contributed by atoms with E-state index in [0.29, 0.717) is 22.4 Å². The van der Waals surface area contributed by atoms with Crippen LogP contribution >= 0.6 is 0 Å². The molecular weight excluding hydrogens is 624 g/mol. The van der Waals surface area contributed by atoms with Crippen LogP contribution in [0.4, 0.5) is 8.78 Å². The molecule has 6 heteroatoms. The number of aromatic hydroxyl groups is 1. The van der Waals surface area contributed by atoms with E-state index in [1.807, 2.05) is 36.4 Å². The molecule has 7 aromatic rings. The van der Waals surface area contributed by atoms with Crippen molar-refractivity contribution >= 4 is 11.0 Å². The van der Waals surface area contributed by atoms with E-state index in [1.165, 1.54) is 23.3 Å². The second-order valence-corrected chi connectivity index (χ2v) is 14.9. The molecule has 50 heavy (non-hydrogen) atoms. The van der Waals surface area contributed by atoms with Gasteiger partial charge in [0.05, 0.1) is 28.0 Å². The summed E-state index contributed by atoms with van der Waals surface area (Å²) in [6.45, 7) is 13.4. The van der Waals surface area contributed by atoms with Crippen LogP contribution in [0.1, 0.15) is 52.7 Å². The van der Waals surface area contributed by atoms with E-state index in [0.717, 1.165) is 39.6 Å². The third kappa shape index (κ3) is 6.29. The van der Waals surface area contributed by atoms with Gasteiger partial charge in [0.1, 0.15) is 23.2 Å². The maximum atomic E-state index is 14.7. The third-order valence-corrected chi connectivity index (χ3v) is 9.14. The van der Waals surface area contributed by atoms with Crippen LogP contribution in [0.2, 0.25) is 0 Å². The first-order valence-corrected chi connectivity index (χ1v) is 16.8. The van der Waals surface area contributed by atoms with Crippen LogP contribution in [0.15, 0.2) is 121 Å². The van der Waals surface area contributed by atoms with E-state index in [9.17, 15) is 13.9 Å². The standard InChI is InChI=1S/C44H39F2N3O/c1-43(2,3)31-21-28(22-32(23-31)44(4,5)6)27-18-29(20-30(19-27)38-14-9-10-17-47-38)36-13-11-15-39-41(36)48-42(37-12-7-8-16-40(37)50)49(39)35-25-33(45)24-34(46)26-35/h7-26,50H,1-6H3. The van der Waals surface area contributed by atoms with Gasteiger partial charge in [0.15, 0.2) is 0 Å².